The maximum absolute atomic E-state index is 11.5. The SMILES string of the molecule is COC(=O)c1ccc(Cl)c(NC(C)c2ccc(Br)s2)c1. The summed E-state index contributed by atoms with van der Waals surface area (Å²) in [6.45, 7) is 2.04. The van der Waals surface area contributed by atoms with Gasteiger partial charge in [-0.2, -0.15) is 0 Å². The second kappa shape index (κ2) is 6.61. The van der Waals surface area contributed by atoms with E-state index in [9.17, 15) is 4.79 Å². The van der Waals surface area contributed by atoms with Crippen LogP contribution in [0.1, 0.15) is 28.2 Å². The number of anilines is 1. The van der Waals surface area contributed by atoms with Crippen LogP contribution in [0, 0.1) is 0 Å². The Hall–Kier alpha value is -1.04. The summed E-state index contributed by atoms with van der Waals surface area (Å²) < 4.78 is 5.79. The monoisotopic (exact) mass is 373 g/mol. The number of nitrogens with one attached hydrogen (secondary N) is 1. The molecule has 0 saturated carbocycles. The summed E-state index contributed by atoms with van der Waals surface area (Å²) in [5.74, 6) is -0.378. The first-order valence-electron chi connectivity index (χ1n) is 5.91. The van der Waals surface area contributed by atoms with Crippen LogP contribution in [-0.4, -0.2) is 13.1 Å². The summed E-state index contributed by atoms with van der Waals surface area (Å²) in [7, 11) is 1.36. The summed E-state index contributed by atoms with van der Waals surface area (Å²) in [5.41, 5.74) is 1.19. The first-order chi connectivity index (χ1) is 9.51. The van der Waals surface area contributed by atoms with Gasteiger partial charge in [-0.15, -0.1) is 11.3 Å². The molecule has 0 amide bonds. The standard InChI is InChI=1S/C14H13BrClNO2S/c1-8(12-5-6-13(15)20-12)17-11-7-9(14(18)19-2)3-4-10(11)16/h3-8,17H,1-2H3. The van der Waals surface area contributed by atoms with Crippen LogP contribution in [0.4, 0.5) is 5.69 Å². The zero-order chi connectivity index (χ0) is 14.7. The minimum Gasteiger partial charge on any atom is -0.465 e. The smallest absolute Gasteiger partial charge is 0.337 e. The Labute approximate surface area is 135 Å². The third kappa shape index (κ3) is 3.53. The van der Waals surface area contributed by atoms with E-state index in [1.165, 1.54) is 12.0 Å². The van der Waals surface area contributed by atoms with Crippen LogP contribution in [0.2, 0.25) is 5.02 Å². The molecule has 0 bridgehead atoms. The molecule has 1 aromatic heterocycles. The van der Waals surface area contributed by atoms with Crippen molar-refractivity contribution in [3.8, 4) is 0 Å². The fraction of sp³-hybridized carbons (Fsp3) is 0.214. The van der Waals surface area contributed by atoms with Crippen molar-refractivity contribution < 1.29 is 9.53 Å². The Morgan fingerprint density at radius 3 is 2.75 bits per heavy atom. The van der Waals surface area contributed by atoms with E-state index in [1.54, 1.807) is 29.5 Å². The number of hydrogen-bond donors (Lipinski definition) is 1. The quantitative estimate of drug-likeness (QED) is 0.754. The summed E-state index contributed by atoms with van der Waals surface area (Å²) in [4.78, 5) is 12.7. The molecule has 106 valence electrons. The lowest BCUT2D eigenvalue weighted by Crippen LogP contribution is -2.07. The first kappa shape index (κ1) is 15.4. The number of ether oxygens (including phenoxy) is 1. The van der Waals surface area contributed by atoms with Crippen molar-refractivity contribution in [2.24, 2.45) is 0 Å². The van der Waals surface area contributed by atoms with E-state index in [0.717, 1.165) is 3.79 Å². The normalized spacial score (nSPS) is 12.0. The summed E-state index contributed by atoms with van der Waals surface area (Å²) >= 11 is 11.3. The van der Waals surface area contributed by atoms with Crippen molar-refractivity contribution in [3.05, 3.63) is 49.6 Å². The summed E-state index contributed by atoms with van der Waals surface area (Å²) in [6, 6.07) is 9.18. The van der Waals surface area contributed by atoms with Crippen LogP contribution in [0.15, 0.2) is 34.1 Å². The minimum atomic E-state index is -0.378. The molecule has 6 heteroatoms. The summed E-state index contributed by atoms with van der Waals surface area (Å²) in [5, 5.41) is 3.88. The summed E-state index contributed by atoms with van der Waals surface area (Å²) in [6.07, 6.45) is 0. The average molecular weight is 375 g/mol. The van der Waals surface area contributed by atoms with Crippen LogP contribution in [0.5, 0.6) is 0 Å². The molecule has 20 heavy (non-hydrogen) atoms. The zero-order valence-electron chi connectivity index (χ0n) is 10.9. The number of benzene rings is 1. The van der Waals surface area contributed by atoms with E-state index in [2.05, 4.69) is 21.2 Å². The maximum atomic E-state index is 11.5. The van der Waals surface area contributed by atoms with E-state index in [4.69, 9.17) is 16.3 Å². The van der Waals surface area contributed by atoms with Crippen LogP contribution >= 0.6 is 38.9 Å². The molecule has 1 heterocycles. The van der Waals surface area contributed by atoms with Crippen molar-refractivity contribution in [1.29, 1.82) is 0 Å². The first-order valence-corrected chi connectivity index (χ1v) is 7.89. The lowest BCUT2D eigenvalue weighted by Gasteiger charge is -2.15. The Morgan fingerprint density at radius 1 is 1.40 bits per heavy atom. The molecule has 1 N–H and O–H groups in total. The van der Waals surface area contributed by atoms with Crippen molar-refractivity contribution in [2.45, 2.75) is 13.0 Å². The third-order valence-corrected chi connectivity index (χ3v) is 4.92. The van der Waals surface area contributed by atoms with Gasteiger partial charge in [0.1, 0.15) is 0 Å². The van der Waals surface area contributed by atoms with E-state index >= 15 is 0 Å². The predicted molar refractivity (Wildman–Crippen MR) is 86.8 cm³/mol. The number of halogens is 2. The Bertz CT molecular complexity index is 629. The highest BCUT2D eigenvalue weighted by atomic mass is 79.9. The number of carbonyl (C=O) groups is 1. The molecule has 0 fully saturated rings. The van der Waals surface area contributed by atoms with Gasteiger partial charge in [0, 0.05) is 4.88 Å². The van der Waals surface area contributed by atoms with Gasteiger partial charge in [0.15, 0.2) is 0 Å². The molecular formula is C14H13BrClNO2S. The highest BCUT2D eigenvalue weighted by Gasteiger charge is 2.13. The van der Waals surface area contributed by atoms with E-state index in [0.29, 0.717) is 16.3 Å². The molecule has 0 spiro atoms. The van der Waals surface area contributed by atoms with Crippen LogP contribution in [0.25, 0.3) is 0 Å². The van der Waals surface area contributed by atoms with Gasteiger partial charge in [-0.3, -0.25) is 0 Å². The van der Waals surface area contributed by atoms with Gasteiger partial charge in [-0.05, 0) is 53.2 Å². The second-order valence-electron chi connectivity index (χ2n) is 4.19. The van der Waals surface area contributed by atoms with Crippen LogP contribution < -0.4 is 5.32 Å². The minimum absolute atomic E-state index is 0.0942. The van der Waals surface area contributed by atoms with Gasteiger partial charge in [-0.25, -0.2) is 4.79 Å². The number of carbonyl (C=O) groups excluding carboxylic acids is 1. The average Bonchev–Trinajstić information content (AvgIpc) is 2.87. The lowest BCUT2D eigenvalue weighted by molar-refractivity contribution is 0.0601. The van der Waals surface area contributed by atoms with E-state index in [1.807, 2.05) is 19.1 Å². The Kier molecular flexibility index (Phi) is 5.07. The molecular weight excluding hydrogens is 362 g/mol. The molecule has 2 rings (SSSR count). The zero-order valence-corrected chi connectivity index (χ0v) is 14.1. The number of thiophene rings is 1. The topological polar surface area (TPSA) is 38.3 Å². The molecule has 0 radical (unpaired) electrons. The van der Waals surface area contributed by atoms with Crippen molar-refractivity contribution >= 4 is 50.5 Å². The maximum Gasteiger partial charge on any atom is 0.337 e. The van der Waals surface area contributed by atoms with Gasteiger partial charge >= 0.3 is 5.97 Å². The fourth-order valence-electron chi connectivity index (χ4n) is 1.75. The van der Waals surface area contributed by atoms with Crippen LogP contribution in [0.3, 0.4) is 0 Å². The third-order valence-electron chi connectivity index (χ3n) is 2.78. The second-order valence-corrected chi connectivity index (χ2v) is 7.10. The molecule has 3 nitrogen and oxygen atoms in total. The van der Waals surface area contributed by atoms with Gasteiger partial charge in [0.2, 0.25) is 0 Å². The molecule has 0 aliphatic rings. The molecule has 1 aromatic carbocycles. The fourth-order valence-corrected chi connectivity index (χ4v) is 3.34. The number of methoxy groups -OCH3 is 1. The molecule has 1 atom stereocenters. The van der Waals surface area contributed by atoms with Crippen molar-refractivity contribution in [1.82, 2.24) is 0 Å². The highest BCUT2D eigenvalue weighted by molar-refractivity contribution is 9.11. The molecule has 0 aliphatic heterocycles. The molecule has 0 saturated heterocycles. The molecule has 2 aromatic rings. The Balaban J connectivity index is 2.22. The van der Waals surface area contributed by atoms with Gasteiger partial charge in [0.05, 0.1) is 33.2 Å². The van der Waals surface area contributed by atoms with Gasteiger partial charge in [-0.1, -0.05) is 11.6 Å². The molecule has 1 unspecified atom stereocenters. The van der Waals surface area contributed by atoms with Gasteiger partial charge < -0.3 is 10.1 Å². The van der Waals surface area contributed by atoms with Crippen molar-refractivity contribution in [3.63, 3.8) is 0 Å². The predicted octanol–water partition coefficient (Wildman–Crippen LogP) is 5.12. The van der Waals surface area contributed by atoms with E-state index < -0.39 is 0 Å². The highest BCUT2D eigenvalue weighted by Crippen LogP contribution is 2.32. The van der Waals surface area contributed by atoms with Gasteiger partial charge in [0.25, 0.3) is 0 Å². The largest absolute Gasteiger partial charge is 0.465 e. The number of rotatable bonds is 4. The Morgan fingerprint density at radius 2 is 2.15 bits per heavy atom. The van der Waals surface area contributed by atoms with Crippen LogP contribution in [-0.2, 0) is 4.74 Å². The molecule has 0 aliphatic carbocycles. The van der Waals surface area contributed by atoms with E-state index in [-0.39, 0.29) is 12.0 Å². The van der Waals surface area contributed by atoms with Crippen molar-refractivity contribution in [2.75, 3.05) is 12.4 Å². The number of esters is 1. The number of hydrogen-bond acceptors (Lipinski definition) is 4. The lowest BCUT2D eigenvalue weighted by atomic mass is 10.2.